The summed E-state index contributed by atoms with van der Waals surface area (Å²) in [6.07, 6.45) is 3.33. The van der Waals surface area contributed by atoms with Crippen LogP contribution >= 0.6 is 0 Å². The third kappa shape index (κ3) is 4.19. The van der Waals surface area contributed by atoms with E-state index in [1.165, 1.54) is 19.2 Å². The monoisotopic (exact) mass is 365 g/mol. The predicted octanol–water partition coefficient (Wildman–Crippen LogP) is 1.09. The largest absolute Gasteiger partial charge is 0.381 e. The van der Waals surface area contributed by atoms with Crippen LogP contribution < -0.4 is 0 Å². The van der Waals surface area contributed by atoms with Gasteiger partial charge in [0.2, 0.25) is 5.91 Å². The number of carbonyl (C=O) groups is 2. The first-order valence-electron chi connectivity index (χ1n) is 8.89. The van der Waals surface area contributed by atoms with Gasteiger partial charge >= 0.3 is 0 Å². The fourth-order valence-corrected chi connectivity index (χ4v) is 3.68. The van der Waals surface area contributed by atoms with Gasteiger partial charge in [-0.25, -0.2) is 9.37 Å². The van der Waals surface area contributed by atoms with Crippen molar-refractivity contribution in [2.45, 2.75) is 31.3 Å². The van der Waals surface area contributed by atoms with Crippen molar-refractivity contribution in [2.24, 2.45) is 0 Å². The molecule has 0 aromatic carbocycles. The predicted molar refractivity (Wildman–Crippen MR) is 91.1 cm³/mol. The molecule has 1 aromatic heterocycles. The van der Waals surface area contributed by atoms with E-state index in [9.17, 15) is 14.0 Å². The number of nitrogens with zero attached hydrogens (tertiary/aromatic N) is 3. The number of pyridine rings is 1. The summed E-state index contributed by atoms with van der Waals surface area (Å²) in [5, 5.41) is 0. The molecule has 1 atom stereocenters. The molecule has 0 spiro atoms. The lowest BCUT2D eigenvalue weighted by molar-refractivity contribution is -0.142. The van der Waals surface area contributed by atoms with E-state index in [1.54, 1.807) is 4.90 Å². The molecule has 2 saturated heterocycles. The highest BCUT2D eigenvalue weighted by atomic mass is 19.1. The Balaban J connectivity index is 1.69. The molecule has 8 heteroatoms. The maximum absolute atomic E-state index is 13.0. The van der Waals surface area contributed by atoms with Crippen molar-refractivity contribution in [1.29, 1.82) is 0 Å². The van der Waals surface area contributed by atoms with E-state index in [-0.39, 0.29) is 36.2 Å². The second-order valence-corrected chi connectivity index (χ2v) is 6.63. The van der Waals surface area contributed by atoms with Crippen molar-refractivity contribution < 1.29 is 23.5 Å². The van der Waals surface area contributed by atoms with Crippen LogP contribution in [0.4, 0.5) is 4.39 Å². The molecule has 1 unspecified atom stereocenters. The van der Waals surface area contributed by atoms with E-state index >= 15 is 0 Å². The van der Waals surface area contributed by atoms with Crippen molar-refractivity contribution in [1.82, 2.24) is 14.8 Å². The molecule has 0 bridgehead atoms. The van der Waals surface area contributed by atoms with Gasteiger partial charge in [0, 0.05) is 39.5 Å². The quantitative estimate of drug-likeness (QED) is 0.781. The number of amides is 2. The molecular formula is C18H24FN3O4. The highest BCUT2D eigenvalue weighted by Crippen LogP contribution is 2.24. The molecule has 3 rings (SSSR count). The maximum Gasteiger partial charge on any atom is 0.272 e. The molecule has 26 heavy (non-hydrogen) atoms. The van der Waals surface area contributed by atoms with Crippen LogP contribution in [0.5, 0.6) is 0 Å². The van der Waals surface area contributed by atoms with E-state index in [0.717, 1.165) is 19.0 Å². The first kappa shape index (κ1) is 18.7. The van der Waals surface area contributed by atoms with E-state index in [4.69, 9.17) is 9.47 Å². The highest BCUT2D eigenvalue weighted by molar-refractivity contribution is 5.92. The minimum Gasteiger partial charge on any atom is -0.381 e. The normalized spacial score (nSPS) is 21.0. The minimum absolute atomic E-state index is 0.0291. The van der Waals surface area contributed by atoms with Gasteiger partial charge in [-0.2, -0.15) is 0 Å². The zero-order valence-electron chi connectivity index (χ0n) is 14.9. The topological polar surface area (TPSA) is 72.0 Å². The number of ether oxygens (including phenoxy) is 2. The SMILES string of the molecule is COCC(=O)N(C1CCOCC1)C1CCN(C(=O)c2ccc(F)cn2)C1. The van der Waals surface area contributed by atoms with Crippen molar-refractivity contribution in [3.05, 3.63) is 29.8 Å². The summed E-state index contributed by atoms with van der Waals surface area (Å²) in [6.45, 7) is 2.29. The Bertz CT molecular complexity index is 634. The number of methoxy groups -OCH3 is 1. The van der Waals surface area contributed by atoms with Gasteiger partial charge in [-0.3, -0.25) is 9.59 Å². The number of hydrogen-bond donors (Lipinski definition) is 0. The number of carbonyl (C=O) groups excluding carboxylic acids is 2. The zero-order valence-corrected chi connectivity index (χ0v) is 14.9. The Hall–Kier alpha value is -2.06. The van der Waals surface area contributed by atoms with Gasteiger partial charge < -0.3 is 19.3 Å². The zero-order chi connectivity index (χ0) is 18.5. The van der Waals surface area contributed by atoms with Crippen LogP contribution in [0.15, 0.2) is 18.3 Å². The number of halogens is 1. The third-order valence-corrected chi connectivity index (χ3v) is 4.93. The second-order valence-electron chi connectivity index (χ2n) is 6.63. The van der Waals surface area contributed by atoms with E-state index in [0.29, 0.717) is 32.7 Å². The van der Waals surface area contributed by atoms with Crippen molar-refractivity contribution in [2.75, 3.05) is 40.0 Å². The third-order valence-electron chi connectivity index (χ3n) is 4.93. The van der Waals surface area contributed by atoms with Crippen LogP contribution in [0, 0.1) is 5.82 Å². The van der Waals surface area contributed by atoms with Gasteiger partial charge in [0.05, 0.1) is 12.2 Å². The van der Waals surface area contributed by atoms with E-state index in [1.807, 2.05) is 4.90 Å². The Morgan fingerprint density at radius 2 is 2.08 bits per heavy atom. The summed E-state index contributed by atoms with van der Waals surface area (Å²) in [5.41, 5.74) is 0.216. The van der Waals surface area contributed by atoms with Gasteiger partial charge in [-0.15, -0.1) is 0 Å². The molecule has 2 aliphatic heterocycles. The molecule has 1 aromatic rings. The van der Waals surface area contributed by atoms with Crippen LogP contribution in [0.25, 0.3) is 0 Å². The molecule has 2 amide bonds. The van der Waals surface area contributed by atoms with Crippen molar-refractivity contribution in [3.8, 4) is 0 Å². The Labute approximate surface area is 152 Å². The summed E-state index contributed by atoms with van der Waals surface area (Å²) in [7, 11) is 1.50. The fourth-order valence-electron chi connectivity index (χ4n) is 3.68. The van der Waals surface area contributed by atoms with Gasteiger partial charge in [0.15, 0.2) is 0 Å². The molecule has 2 aliphatic rings. The fraction of sp³-hybridized carbons (Fsp3) is 0.611. The lowest BCUT2D eigenvalue weighted by atomic mass is 10.0. The Kier molecular flexibility index (Phi) is 6.16. The molecule has 142 valence electrons. The van der Waals surface area contributed by atoms with Gasteiger partial charge in [-0.1, -0.05) is 0 Å². The van der Waals surface area contributed by atoms with Crippen molar-refractivity contribution >= 4 is 11.8 Å². The smallest absolute Gasteiger partial charge is 0.272 e. The van der Waals surface area contributed by atoms with Crippen LogP contribution in [-0.4, -0.2) is 78.7 Å². The average Bonchev–Trinajstić information content (AvgIpc) is 3.13. The van der Waals surface area contributed by atoms with Crippen LogP contribution in [0.2, 0.25) is 0 Å². The molecule has 0 radical (unpaired) electrons. The molecule has 3 heterocycles. The van der Waals surface area contributed by atoms with Gasteiger partial charge in [-0.05, 0) is 31.4 Å². The minimum atomic E-state index is -0.475. The molecular weight excluding hydrogens is 341 g/mol. The van der Waals surface area contributed by atoms with Gasteiger partial charge in [0.25, 0.3) is 5.91 Å². The summed E-state index contributed by atoms with van der Waals surface area (Å²) in [5.74, 6) is -0.770. The second kappa shape index (κ2) is 8.55. The van der Waals surface area contributed by atoms with E-state index < -0.39 is 5.82 Å². The lowest BCUT2D eigenvalue weighted by Crippen LogP contribution is -2.51. The summed E-state index contributed by atoms with van der Waals surface area (Å²) >= 11 is 0. The molecule has 7 nitrogen and oxygen atoms in total. The number of rotatable bonds is 5. The Morgan fingerprint density at radius 3 is 2.73 bits per heavy atom. The first-order valence-corrected chi connectivity index (χ1v) is 8.89. The first-order chi connectivity index (χ1) is 12.6. The molecule has 0 N–H and O–H groups in total. The molecule has 0 saturated carbocycles. The van der Waals surface area contributed by atoms with Crippen LogP contribution in [-0.2, 0) is 14.3 Å². The lowest BCUT2D eigenvalue weighted by Gasteiger charge is -2.38. The van der Waals surface area contributed by atoms with Crippen LogP contribution in [0.3, 0.4) is 0 Å². The standard InChI is InChI=1S/C18H24FN3O4/c1-25-12-17(23)22(14-5-8-26-9-6-14)15-4-7-21(11-15)18(24)16-3-2-13(19)10-20-16/h2-3,10,14-15H,4-9,11-12H2,1H3. The summed E-state index contributed by atoms with van der Waals surface area (Å²) < 4.78 is 23.5. The summed E-state index contributed by atoms with van der Waals surface area (Å²) in [4.78, 5) is 32.6. The summed E-state index contributed by atoms with van der Waals surface area (Å²) in [6, 6.07) is 2.67. The number of aromatic nitrogens is 1. The Morgan fingerprint density at radius 1 is 1.31 bits per heavy atom. The number of likely N-dealkylation sites (tertiary alicyclic amines) is 1. The van der Waals surface area contributed by atoms with Crippen molar-refractivity contribution in [3.63, 3.8) is 0 Å². The van der Waals surface area contributed by atoms with E-state index in [2.05, 4.69) is 4.98 Å². The average molecular weight is 365 g/mol. The number of hydrogen-bond acceptors (Lipinski definition) is 5. The molecule has 2 fully saturated rings. The van der Waals surface area contributed by atoms with Crippen LogP contribution in [0.1, 0.15) is 29.8 Å². The molecule has 0 aliphatic carbocycles. The highest BCUT2D eigenvalue weighted by Gasteiger charge is 2.37. The van der Waals surface area contributed by atoms with Gasteiger partial charge in [0.1, 0.15) is 18.1 Å². The maximum atomic E-state index is 13.0.